The van der Waals surface area contributed by atoms with Crippen LogP contribution in [0.3, 0.4) is 0 Å². The van der Waals surface area contributed by atoms with E-state index in [1.165, 1.54) is 20.3 Å². The van der Waals surface area contributed by atoms with Gasteiger partial charge in [-0.1, -0.05) is 53.5 Å². The average molecular weight is 469 g/mol. The van der Waals surface area contributed by atoms with Crippen molar-refractivity contribution < 1.29 is 19.1 Å². The maximum atomic E-state index is 13.5. The van der Waals surface area contributed by atoms with Gasteiger partial charge in [0.2, 0.25) is 0 Å². The third-order valence-corrected chi connectivity index (χ3v) is 5.48. The molecular formula is C24H18Cl2N2O4. The highest BCUT2D eigenvalue weighted by Crippen LogP contribution is 2.39. The smallest absolute Gasteiger partial charge is 0.282 e. The highest BCUT2D eigenvalue weighted by molar-refractivity contribution is 6.46. The van der Waals surface area contributed by atoms with E-state index in [4.69, 9.17) is 32.7 Å². The fourth-order valence-electron chi connectivity index (χ4n) is 3.46. The summed E-state index contributed by atoms with van der Waals surface area (Å²) in [6, 6.07) is 18.7. The fraction of sp³-hybridized carbons (Fsp3) is 0.0833. The van der Waals surface area contributed by atoms with Crippen LogP contribution in [0.25, 0.3) is 5.57 Å². The molecule has 32 heavy (non-hydrogen) atoms. The number of halogens is 2. The Morgan fingerprint density at radius 1 is 0.812 bits per heavy atom. The van der Waals surface area contributed by atoms with Crippen LogP contribution >= 0.6 is 23.2 Å². The Hall–Kier alpha value is -3.48. The zero-order chi connectivity index (χ0) is 22.8. The second-order valence-corrected chi connectivity index (χ2v) is 7.70. The molecule has 3 aromatic carbocycles. The summed E-state index contributed by atoms with van der Waals surface area (Å²) in [4.78, 5) is 28.1. The first-order chi connectivity index (χ1) is 15.4. The third kappa shape index (κ3) is 3.90. The molecule has 6 nitrogen and oxygen atoms in total. The zero-order valence-electron chi connectivity index (χ0n) is 17.2. The summed E-state index contributed by atoms with van der Waals surface area (Å²) in [5.41, 5.74) is 1.72. The Labute approximate surface area is 195 Å². The summed E-state index contributed by atoms with van der Waals surface area (Å²) in [6.45, 7) is 0. The molecular weight excluding hydrogens is 451 g/mol. The van der Waals surface area contributed by atoms with Crippen LogP contribution in [-0.2, 0) is 9.59 Å². The Bertz CT molecular complexity index is 1240. The summed E-state index contributed by atoms with van der Waals surface area (Å²) < 4.78 is 10.6. The number of imide groups is 1. The Morgan fingerprint density at radius 2 is 1.50 bits per heavy atom. The number of hydrogen-bond donors (Lipinski definition) is 1. The first kappa shape index (κ1) is 21.7. The van der Waals surface area contributed by atoms with Crippen LogP contribution in [0.1, 0.15) is 5.56 Å². The van der Waals surface area contributed by atoms with Crippen LogP contribution in [0.4, 0.5) is 11.4 Å². The van der Waals surface area contributed by atoms with Gasteiger partial charge in [-0.25, -0.2) is 4.90 Å². The van der Waals surface area contributed by atoms with Gasteiger partial charge in [0, 0.05) is 10.7 Å². The molecule has 1 heterocycles. The molecule has 3 aromatic rings. The predicted octanol–water partition coefficient (Wildman–Crippen LogP) is 5.41. The molecule has 0 atom stereocenters. The second kappa shape index (κ2) is 8.94. The van der Waals surface area contributed by atoms with Crippen molar-refractivity contribution in [1.82, 2.24) is 0 Å². The minimum atomic E-state index is -0.540. The van der Waals surface area contributed by atoms with Gasteiger partial charge in [-0.3, -0.25) is 9.59 Å². The number of carbonyl (C=O) groups excluding carboxylic acids is 2. The lowest BCUT2D eigenvalue weighted by atomic mass is 10.0. The number of rotatable bonds is 6. The molecule has 0 spiro atoms. The van der Waals surface area contributed by atoms with Crippen molar-refractivity contribution in [1.29, 1.82) is 0 Å². The summed E-state index contributed by atoms with van der Waals surface area (Å²) in [7, 11) is 2.97. The van der Waals surface area contributed by atoms with Crippen LogP contribution in [0.2, 0.25) is 10.0 Å². The van der Waals surface area contributed by atoms with Crippen molar-refractivity contribution in [3.05, 3.63) is 88.0 Å². The SMILES string of the molecule is COc1ccc(NC2=C(c3ccccc3)C(=O)N(c3cc(Cl)ccc3OC)C2=O)cc1Cl. The van der Waals surface area contributed by atoms with Gasteiger partial charge >= 0.3 is 0 Å². The number of nitrogens with zero attached hydrogens (tertiary/aromatic N) is 1. The van der Waals surface area contributed by atoms with Gasteiger partial charge in [-0.05, 0) is 42.0 Å². The maximum Gasteiger partial charge on any atom is 0.282 e. The lowest BCUT2D eigenvalue weighted by molar-refractivity contribution is -0.120. The van der Waals surface area contributed by atoms with E-state index in [-0.39, 0.29) is 17.0 Å². The lowest BCUT2D eigenvalue weighted by Gasteiger charge is -2.18. The number of anilines is 2. The second-order valence-electron chi connectivity index (χ2n) is 6.85. The van der Waals surface area contributed by atoms with E-state index < -0.39 is 11.8 Å². The summed E-state index contributed by atoms with van der Waals surface area (Å²) in [5.74, 6) is -0.198. The number of carbonyl (C=O) groups is 2. The van der Waals surface area contributed by atoms with E-state index in [1.54, 1.807) is 54.6 Å². The van der Waals surface area contributed by atoms with Crippen molar-refractivity contribution in [3.63, 3.8) is 0 Å². The molecule has 0 aromatic heterocycles. The van der Waals surface area contributed by atoms with Crippen LogP contribution in [0.15, 0.2) is 72.4 Å². The molecule has 1 aliphatic heterocycles. The summed E-state index contributed by atoms with van der Waals surface area (Å²) >= 11 is 12.4. The van der Waals surface area contributed by atoms with Crippen molar-refractivity contribution in [2.75, 3.05) is 24.4 Å². The van der Waals surface area contributed by atoms with Crippen molar-refractivity contribution >= 4 is 52.0 Å². The molecule has 0 fully saturated rings. The molecule has 162 valence electrons. The van der Waals surface area contributed by atoms with Gasteiger partial charge in [0.25, 0.3) is 11.8 Å². The van der Waals surface area contributed by atoms with E-state index >= 15 is 0 Å². The predicted molar refractivity (Wildman–Crippen MR) is 125 cm³/mol. The first-order valence-electron chi connectivity index (χ1n) is 9.57. The highest BCUT2D eigenvalue weighted by Gasteiger charge is 2.41. The van der Waals surface area contributed by atoms with Gasteiger partial charge < -0.3 is 14.8 Å². The zero-order valence-corrected chi connectivity index (χ0v) is 18.7. The number of ether oxygens (including phenoxy) is 2. The van der Waals surface area contributed by atoms with Crippen LogP contribution in [0, 0.1) is 0 Å². The number of methoxy groups -OCH3 is 2. The molecule has 2 amide bonds. The maximum absolute atomic E-state index is 13.5. The van der Waals surface area contributed by atoms with Gasteiger partial charge in [0.05, 0.1) is 30.5 Å². The number of hydrogen-bond acceptors (Lipinski definition) is 5. The van der Waals surface area contributed by atoms with E-state index in [0.29, 0.717) is 32.8 Å². The highest BCUT2D eigenvalue weighted by atomic mass is 35.5. The van der Waals surface area contributed by atoms with Crippen molar-refractivity contribution in [3.8, 4) is 11.5 Å². The van der Waals surface area contributed by atoms with Gasteiger partial charge in [-0.15, -0.1) is 0 Å². The number of amides is 2. The Kier molecular flexibility index (Phi) is 6.08. The van der Waals surface area contributed by atoms with Crippen molar-refractivity contribution in [2.45, 2.75) is 0 Å². The molecule has 0 radical (unpaired) electrons. The van der Waals surface area contributed by atoms with Gasteiger partial charge in [0.1, 0.15) is 17.2 Å². The van der Waals surface area contributed by atoms with E-state index in [1.807, 2.05) is 6.07 Å². The number of benzene rings is 3. The monoisotopic (exact) mass is 468 g/mol. The molecule has 1 aliphatic rings. The minimum absolute atomic E-state index is 0.115. The van der Waals surface area contributed by atoms with Crippen molar-refractivity contribution in [2.24, 2.45) is 0 Å². The lowest BCUT2D eigenvalue weighted by Crippen LogP contribution is -2.32. The van der Waals surface area contributed by atoms with E-state index in [2.05, 4.69) is 5.32 Å². The Morgan fingerprint density at radius 3 is 2.16 bits per heavy atom. The molecule has 0 aliphatic carbocycles. The summed E-state index contributed by atoms with van der Waals surface area (Å²) in [6.07, 6.45) is 0. The standard InChI is InChI=1S/C24H18Cl2N2O4/c1-31-19-11-9-16(13-17(19)26)27-22-21(14-6-4-3-5-7-14)23(29)28(24(22)30)18-12-15(25)8-10-20(18)32-2/h3-13,27H,1-2H3. The average Bonchev–Trinajstić information content (AvgIpc) is 3.03. The molecule has 1 N–H and O–H groups in total. The first-order valence-corrected chi connectivity index (χ1v) is 10.3. The van der Waals surface area contributed by atoms with E-state index in [0.717, 1.165) is 4.90 Å². The molecule has 0 saturated carbocycles. The largest absolute Gasteiger partial charge is 0.495 e. The van der Waals surface area contributed by atoms with Crippen LogP contribution in [-0.4, -0.2) is 26.0 Å². The number of nitrogens with one attached hydrogen (secondary N) is 1. The third-order valence-electron chi connectivity index (χ3n) is 4.95. The quantitative estimate of drug-likeness (QED) is 0.490. The Balaban J connectivity index is 1.83. The van der Waals surface area contributed by atoms with E-state index in [9.17, 15) is 9.59 Å². The molecule has 0 saturated heterocycles. The molecule has 4 rings (SSSR count). The van der Waals surface area contributed by atoms with Gasteiger partial charge in [-0.2, -0.15) is 0 Å². The fourth-order valence-corrected chi connectivity index (χ4v) is 3.89. The molecule has 0 bridgehead atoms. The van der Waals surface area contributed by atoms with Gasteiger partial charge in [0.15, 0.2) is 0 Å². The molecule has 0 unspecified atom stereocenters. The normalized spacial score (nSPS) is 13.6. The minimum Gasteiger partial charge on any atom is -0.495 e. The van der Waals surface area contributed by atoms with Crippen LogP contribution < -0.4 is 19.7 Å². The molecule has 8 heteroatoms. The van der Waals surface area contributed by atoms with Crippen LogP contribution in [0.5, 0.6) is 11.5 Å². The topological polar surface area (TPSA) is 67.9 Å². The summed E-state index contributed by atoms with van der Waals surface area (Å²) in [5, 5.41) is 3.80.